The van der Waals surface area contributed by atoms with E-state index in [-0.39, 0.29) is 31.0 Å². The third kappa shape index (κ3) is 3.77. The molecule has 0 bridgehead atoms. The summed E-state index contributed by atoms with van der Waals surface area (Å²) < 4.78 is 5.01. The van der Waals surface area contributed by atoms with Gasteiger partial charge in [-0.05, 0) is 12.8 Å². The predicted molar refractivity (Wildman–Crippen MR) is 81.6 cm³/mol. The van der Waals surface area contributed by atoms with Gasteiger partial charge in [0.15, 0.2) is 6.10 Å². The first-order chi connectivity index (χ1) is 11.0. The Bertz CT molecular complexity index is 541. The van der Waals surface area contributed by atoms with Crippen molar-refractivity contribution in [3.8, 4) is 0 Å². The maximum atomic E-state index is 11.7. The summed E-state index contributed by atoms with van der Waals surface area (Å²) in [4.78, 5) is 45.3. The van der Waals surface area contributed by atoms with E-state index < -0.39 is 23.9 Å². The van der Waals surface area contributed by atoms with Crippen molar-refractivity contribution < 1.29 is 23.9 Å². The number of esters is 1. The third-order valence-electron chi connectivity index (χ3n) is 4.26. The number of hydrogen-bond acceptors (Lipinski definition) is 6. The van der Waals surface area contributed by atoms with Gasteiger partial charge in [-0.3, -0.25) is 19.7 Å². The van der Waals surface area contributed by atoms with Crippen molar-refractivity contribution in [2.45, 2.75) is 55.5 Å². The van der Waals surface area contributed by atoms with Crippen LogP contribution in [0.25, 0.3) is 0 Å². The van der Waals surface area contributed by atoms with Crippen molar-refractivity contribution in [1.82, 2.24) is 16.0 Å². The fraction of sp³-hybridized carbons (Fsp3) is 0.714. The molecule has 4 atom stereocenters. The van der Waals surface area contributed by atoms with Gasteiger partial charge in [0.05, 0.1) is 18.5 Å². The van der Waals surface area contributed by atoms with Crippen molar-refractivity contribution >= 4 is 35.6 Å². The van der Waals surface area contributed by atoms with Gasteiger partial charge in [0.25, 0.3) is 5.91 Å². The van der Waals surface area contributed by atoms with Crippen LogP contribution in [0.3, 0.4) is 0 Å². The number of carbonyl (C=O) groups excluding carboxylic acids is 4. The fourth-order valence-corrected chi connectivity index (χ4v) is 4.64. The highest BCUT2D eigenvalue weighted by atomic mass is 32.2. The average molecular weight is 341 g/mol. The van der Waals surface area contributed by atoms with E-state index in [0.717, 1.165) is 18.6 Å². The van der Waals surface area contributed by atoms with Crippen LogP contribution in [-0.2, 0) is 19.1 Å². The maximum absolute atomic E-state index is 11.7. The van der Waals surface area contributed by atoms with E-state index in [9.17, 15) is 19.2 Å². The highest BCUT2D eigenvalue weighted by Crippen LogP contribution is 2.33. The lowest BCUT2D eigenvalue weighted by Crippen LogP contribution is -2.36. The number of thioether (sulfide) groups is 1. The van der Waals surface area contributed by atoms with Crippen molar-refractivity contribution in [1.29, 1.82) is 0 Å². The summed E-state index contributed by atoms with van der Waals surface area (Å²) in [6, 6.07) is 0.284. The fourth-order valence-electron chi connectivity index (χ4n) is 3.10. The number of rotatable bonds is 6. The maximum Gasteiger partial charge on any atom is 0.315 e. The van der Waals surface area contributed by atoms with Crippen LogP contribution in [-0.4, -0.2) is 53.0 Å². The van der Waals surface area contributed by atoms with Gasteiger partial charge in [-0.15, -0.1) is 0 Å². The first-order valence-corrected chi connectivity index (χ1v) is 8.79. The highest BCUT2D eigenvalue weighted by Gasteiger charge is 2.42. The van der Waals surface area contributed by atoms with E-state index in [0.29, 0.717) is 11.7 Å². The Labute approximate surface area is 137 Å². The van der Waals surface area contributed by atoms with E-state index in [1.165, 1.54) is 0 Å². The number of imide groups is 1. The van der Waals surface area contributed by atoms with Crippen molar-refractivity contribution in [2.24, 2.45) is 0 Å². The van der Waals surface area contributed by atoms with E-state index in [1.807, 2.05) is 11.8 Å². The molecule has 1 unspecified atom stereocenters. The SMILES string of the molecule is O=C1CC(OC(=O)CCCC[C@H]2SC[C@H]3NC(=O)N[C@H]32)C(=O)N1. The van der Waals surface area contributed by atoms with Crippen LogP contribution in [0, 0.1) is 0 Å². The molecule has 0 radical (unpaired) electrons. The zero-order valence-electron chi connectivity index (χ0n) is 12.5. The van der Waals surface area contributed by atoms with Gasteiger partial charge in [-0.25, -0.2) is 4.79 Å². The summed E-state index contributed by atoms with van der Waals surface area (Å²) in [6.45, 7) is 0. The second-order valence-electron chi connectivity index (χ2n) is 5.96. The van der Waals surface area contributed by atoms with Crippen LogP contribution in [0.1, 0.15) is 32.1 Å². The van der Waals surface area contributed by atoms with Gasteiger partial charge in [0, 0.05) is 17.4 Å². The lowest BCUT2D eigenvalue weighted by atomic mass is 10.0. The minimum atomic E-state index is -0.971. The molecule has 0 aliphatic carbocycles. The summed E-state index contributed by atoms with van der Waals surface area (Å²) in [6.07, 6.45) is 1.61. The molecule has 3 fully saturated rings. The number of carbonyl (C=O) groups is 4. The molecule has 3 aliphatic heterocycles. The van der Waals surface area contributed by atoms with Crippen LogP contribution in [0.15, 0.2) is 0 Å². The highest BCUT2D eigenvalue weighted by molar-refractivity contribution is 8.00. The molecule has 0 aromatic carbocycles. The van der Waals surface area contributed by atoms with E-state index >= 15 is 0 Å². The Morgan fingerprint density at radius 1 is 1.22 bits per heavy atom. The molecule has 0 aromatic heterocycles. The minimum Gasteiger partial charge on any atom is -0.452 e. The van der Waals surface area contributed by atoms with Gasteiger partial charge >= 0.3 is 12.0 Å². The number of urea groups is 1. The zero-order valence-corrected chi connectivity index (χ0v) is 13.3. The third-order valence-corrected chi connectivity index (χ3v) is 5.77. The molecule has 0 saturated carbocycles. The predicted octanol–water partition coefficient (Wildman–Crippen LogP) is -0.329. The van der Waals surface area contributed by atoms with Crippen molar-refractivity contribution in [2.75, 3.05) is 5.75 Å². The monoisotopic (exact) mass is 341 g/mol. The number of nitrogens with one attached hydrogen (secondary N) is 3. The van der Waals surface area contributed by atoms with Crippen LogP contribution in [0.4, 0.5) is 4.79 Å². The quantitative estimate of drug-likeness (QED) is 0.264. The smallest absolute Gasteiger partial charge is 0.315 e. The number of ether oxygens (including phenoxy) is 1. The van der Waals surface area contributed by atoms with E-state index in [4.69, 9.17) is 4.74 Å². The van der Waals surface area contributed by atoms with Crippen LogP contribution < -0.4 is 16.0 Å². The second kappa shape index (κ2) is 6.77. The first kappa shape index (κ1) is 16.1. The van der Waals surface area contributed by atoms with Crippen molar-refractivity contribution in [3.63, 3.8) is 0 Å². The van der Waals surface area contributed by atoms with Crippen molar-refractivity contribution in [3.05, 3.63) is 0 Å². The molecule has 3 aliphatic rings. The molecule has 0 spiro atoms. The van der Waals surface area contributed by atoms with Gasteiger partial charge in [-0.2, -0.15) is 11.8 Å². The van der Waals surface area contributed by atoms with Gasteiger partial charge in [0.1, 0.15) is 0 Å². The molecule has 3 saturated heterocycles. The number of amides is 4. The Hall–Kier alpha value is -1.77. The summed E-state index contributed by atoms with van der Waals surface area (Å²) in [5, 5.41) is 8.30. The second-order valence-corrected chi connectivity index (χ2v) is 7.23. The Morgan fingerprint density at radius 3 is 2.78 bits per heavy atom. The summed E-state index contributed by atoms with van der Waals surface area (Å²) in [7, 11) is 0. The molecule has 9 heteroatoms. The molecular weight excluding hydrogens is 322 g/mol. The number of fused-ring (bicyclic) bond motifs is 1. The van der Waals surface area contributed by atoms with E-state index in [2.05, 4.69) is 16.0 Å². The molecule has 3 N–H and O–H groups in total. The zero-order chi connectivity index (χ0) is 16.4. The number of hydrogen-bond donors (Lipinski definition) is 3. The lowest BCUT2D eigenvalue weighted by Gasteiger charge is -2.16. The van der Waals surface area contributed by atoms with Gasteiger partial charge in [-0.1, -0.05) is 6.42 Å². The normalized spacial score (nSPS) is 32.3. The Kier molecular flexibility index (Phi) is 4.74. The summed E-state index contributed by atoms with van der Waals surface area (Å²) in [5.74, 6) is -0.484. The van der Waals surface area contributed by atoms with Gasteiger partial charge < -0.3 is 15.4 Å². The molecule has 4 amide bonds. The topological polar surface area (TPSA) is 114 Å². The average Bonchev–Trinajstić information content (AvgIpc) is 3.11. The molecule has 8 nitrogen and oxygen atoms in total. The molecule has 0 aromatic rings. The van der Waals surface area contributed by atoms with Gasteiger partial charge in [0.2, 0.25) is 5.91 Å². The minimum absolute atomic E-state index is 0.0843. The first-order valence-electron chi connectivity index (χ1n) is 7.75. The Balaban J connectivity index is 1.32. The molecule has 3 rings (SSSR count). The molecule has 126 valence electrons. The van der Waals surface area contributed by atoms with Crippen LogP contribution >= 0.6 is 11.8 Å². The summed E-state index contributed by atoms with van der Waals surface area (Å²) in [5.41, 5.74) is 0. The number of unbranched alkanes of at least 4 members (excludes halogenated alkanes) is 1. The Morgan fingerprint density at radius 2 is 2.04 bits per heavy atom. The molecular formula is C14H19N3O5S. The van der Waals surface area contributed by atoms with Crippen LogP contribution in [0.2, 0.25) is 0 Å². The molecule has 3 heterocycles. The van der Waals surface area contributed by atoms with E-state index in [1.54, 1.807) is 0 Å². The van der Waals surface area contributed by atoms with Crippen LogP contribution in [0.5, 0.6) is 0 Å². The largest absolute Gasteiger partial charge is 0.452 e. The molecule has 23 heavy (non-hydrogen) atoms. The summed E-state index contributed by atoms with van der Waals surface area (Å²) >= 11 is 1.84. The standard InChI is InChI=1S/C14H19N3O5S/c18-10-5-8(13(20)16-10)22-11(19)4-2-1-3-9-12-7(6-23-9)15-14(21)17-12/h7-9,12H,1-6H2,(H2,15,17,21)(H,16,18,20)/t7-,8?,9-,12-/m1/s1. The lowest BCUT2D eigenvalue weighted by molar-refractivity contribution is -0.154.